The van der Waals surface area contributed by atoms with Gasteiger partial charge in [0.15, 0.2) is 0 Å². The molecule has 78 valence electrons. The highest BCUT2D eigenvalue weighted by atomic mass is 14.3. The van der Waals surface area contributed by atoms with E-state index >= 15 is 0 Å². The number of hydrogen-bond acceptors (Lipinski definition) is 0. The van der Waals surface area contributed by atoms with Crippen LogP contribution in [0.5, 0.6) is 0 Å². The molecule has 1 aromatic rings. The molecule has 0 spiro atoms. The standard InChI is InChI=1S/C15H18/c1-12-8-4-7-11-14(12)15(2,3)13-9-5-6-10-13/h4-11,13H,1-3H3. The van der Waals surface area contributed by atoms with Crippen molar-refractivity contribution in [2.75, 3.05) is 0 Å². The number of allylic oxidation sites excluding steroid dienone is 4. The van der Waals surface area contributed by atoms with Crippen LogP contribution >= 0.6 is 0 Å². The smallest absolute Gasteiger partial charge is 0.00446 e. The zero-order valence-corrected chi connectivity index (χ0v) is 9.70. The lowest BCUT2D eigenvalue weighted by molar-refractivity contribution is 0.446. The summed E-state index contributed by atoms with van der Waals surface area (Å²) in [6, 6.07) is 8.68. The van der Waals surface area contributed by atoms with Crippen LogP contribution in [0, 0.1) is 12.8 Å². The number of aryl methyl sites for hydroxylation is 1. The van der Waals surface area contributed by atoms with Gasteiger partial charge in [0.05, 0.1) is 0 Å². The quantitative estimate of drug-likeness (QED) is 0.673. The van der Waals surface area contributed by atoms with Crippen molar-refractivity contribution >= 4 is 0 Å². The van der Waals surface area contributed by atoms with E-state index in [1.165, 1.54) is 11.1 Å². The fourth-order valence-corrected chi connectivity index (χ4v) is 2.39. The third kappa shape index (κ3) is 1.77. The molecule has 0 fully saturated rings. The van der Waals surface area contributed by atoms with Crippen LogP contribution in [0.15, 0.2) is 48.6 Å². The molecule has 0 radical (unpaired) electrons. The lowest BCUT2D eigenvalue weighted by atomic mass is 9.72. The van der Waals surface area contributed by atoms with E-state index in [1.807, 2.05) is 0 Å². The molecule has 1 aliphatic carbocycles. The zero-order valence-electron chi connectivity index (χ0n) is 9.70. The Hall–Kier alpha value is -1.30. The number of benzene rings is 1. The SMILES string of the molecule is Cc1ccccc1C(C)(C)C1C=CC=C1. The highest BCUT2D eigenvalue weighted by molar-refractivity contribution is 5.37. The summed E-state index contributed by atoms with van der Waals surface area (Å²) < 4.78 is 0. The summed E-state index contributed by atoms with van der Waals surface area (Å²) in [6.45, 7) is 6.83. The minimum absolute atomic E-state index is 0.189. The Labute approximate surface area is 92.3 Å². The van der Waals surface area contributed by atoms with Gasteiger partial charge in [-0.25, -0.2) is 0 Å². The first-order chi connectivity index (χ1) is 7.12. The summed E-state index contributed by atoms with van der Waals surface area (Å²) in [5, 5.41) is 0. The lowest BCUT2D eigenvalue weighted by Gasteiger charge is -2.31. The number of rotatable bonds is 2. The number of hydrogen-bond donors (Lipinski definition) is 0. The highest BCUT2D eigenvalue weighted by Gasteiger charge is 2.29. The molecule has 0 nitrogen and oxygen atoms in total. The maximum Gasteiger partial charge on any atom is 0.00446 e. The minimum Gasteiger partial charge on any atom is -0.0768 e. The van der Waals surface area contributed by atoms with Gasteiger partial charge in [-0.3, -0.25) is 0 Å². The first kappa shape index (κ1) is 10.2. The molecular weight excluding hydrogens is 180 g/mol. The van der Waals surface area contributed by atoms with Crippen molar-refractivity contribution in [1.82, 2.24) is 0 Å². The Morgan fingerprint density at radius 1 is 1.00 bits per heavy atom. The van der Waals surface area contributed by atoms with Gasteiger partial charge < -0.3 is 0 Å². The third-order valence-corrected chi connectivity index (χ3v) is 3.42. The predicted molar refractivity (Wildman–Crippen MR) is 66.0 cm³/mol. The van der Waals surface area contributed by atoms with Crippen molar-refractivity contribution in [3.63, 3.8) is 0 Å². The van der Waals surface area contributed by atoms with Gasteiger partial charge in [0.1, 0.15) is 0 Å². The topological polar surface area (TPSA) is 0 Å². The molecule has 0 bridgehead atoms. The van der Waals surface area contributed by atoms with Crippen LogP contribution in [0.1, 0.15) is 25.0 Å². The van der Waals surface area contributed by atoms with Gasteiger partial charge in [0, 0.05) is 5.92 Å². The van der Waals surface area contributed by atoms with Gasteiger partial charge in [0.25, 0.3) is 0 Å². The van der Waals surface area contributed by atoms with Crippen LogP contribution < -0.4 is 0 Å². The molecule has 1 aliphatic rings. The van der Waals surface area contributed by atoms with E-state index in [2.05, 4.69) is 69.3 Å². The Bertz CT molecular complexity index is 396. The summed E-state index contributed by atoms with van der Waals surface area (Å²) in [5.41, 5.74) is 3.02. The molecule has 0 unspecified atom stereocenters. The maximum atomic E-state index is 2.32. The molecule has 1 aromatic carbocycles. The fourth-order valence-electron chi connectivity index (χ4n) is 2.39. The second-order valence-corrected chi connectivity index (χ2v) is 4.83. The van der Waals surface area contributed by atoms with E-state index in [0.29, 0.717) is 5.92 Å². The van der Waals surface area contributed by atoms with Gasteiger partial charge in [-0.2, -0.15) is 0 Å². The first-order valence-corrected chi connectivity index (χ1v) is 5.53. The van der Waals surface area contributed by atoms with Crippen LogP contribution in [0.2, 0.25) is 0 Å². The third-order valence-electron chi connectivity index (χ3n) is 3.42. The van der Waals surface area contributed by atoms with Gasteiger partial charge in [-0.05, 0) is 23.5 Å². The largest absolute Gasteiger partial charge is 0.0768 e. The molecule has 0 atom stereocenters. The summed E-state index contributed by atoms with van der Waals surface area (Å²) in [5.74, 6) is 0.526. The van der Waals surface area contributed by atoms with E-state index in [0.717, 1.165) is 0 Å². The van der Waals surface area contributed by atoms with Gasteiger partial charge >= 0.3 is 0 Å². The van der Waals surface area contributed by atoms with Crippen LogP contribution in [0.4, 0.5) is 0 Å². The first-order valence-electron chi connectivity index (χ1n) is 5.53. The summed E-state index contributed by atoms with van der Waals surface area (Å²) >= 11 is 0. The maximum absolute atomic E-state index is 2.32. The van der Waals surface area contributed by atoms with Gasteiger partial charge in [-0.1, -0.05) is 62.4 Å². The van der Waals surface area contributed by atoms with E-state index in [1.54, 1.807) is 0 Å². The van der Waals surface area contributed by atoms with E-state index in [9.17, 15) is 0 Å². The zero-order chi connectivity index (χ0) is 10.9. The van der Waals surface area contributed by atoms with Crippen molar-refractivity contribution in [1.29, 1.82) is 0 Å². The van der Waals surface area contributed by atoms with E-state index in [4.69, 9.17) is 0 Å². The van der Waals surface area contributed by atoms with Gasteiger partial charge in [0.2, 0.25) is 0 Å². The summed E-state index contributed by atoms with van der Waals surface area (Å²) in [4.78, 5) is 0. The van der Waals surface area contributed by atoms with E-state index < -0.39 is 0 Å². The van der Waals surface area contributed by atoms with Crippen LogP contribution in [-0.2, 0) is 5.41 Å². The average molecular weight is 198 g/mol. The molecular formula is C15H18. The molecule has 0 N–H and O–H groups in total. The molecule has 0 aliphatic heterocycles. The fraction of sp³-hybridized carbons (Fsp3) is 0.333. The van der Waals surface area contributed by atoms with Crippen molar-refractivity contribution < 1.29 is 0 Å². The molecule has 0 saturated heterocycles. The van der Waals surface area contributed by atoms with Crippen molar-refractivity contribution in [3.05, 3.63) is 59.7 Å². The van der Waals surface area contributed by atoms with Crippen LogP contribution in [-0.4, -0.2) is 0 Å². The molecule has 15 heavy (non-hydrogen) atoms. The average Bonchev–Trinajstić information content (AvgIpc) is 2.71. The molecule has 0 amide bonds. The Morgan fingerprint density at radius 3 is 2.20 bits per heavy atom. The molecule has 0 heteroatoms. The molecule has 0 aromatic heterocycles. The van der Waals surface area contributed by atoms with Crippen LogP contribution in [0.3, 0.4) is 0 Å². The Balaban J connectivity index is 2.41. The van der Waals surface area contributed by atoms with Crippen LogP contribution in [0.25, 0.3) is 0 Å². The second kappa shape index (κ2) is 3.69. The van der Waals surface area contributed by atoms with Crippen molar-refractivity contribution in [2.24, 2.45) is 5.92 Å². The summed E-state index contributed by atoms with van der Waals surface area (Å²) in [6.07, 6.45) is 8.86. The monoisotopic (exact) mass is 198 g/mol. The minimum atomic E-state index is 0.189. The molecule has 0 heterocycles. The normalized spacial score (nSPS) is 16.2. The van der Waals surface area contributed by atoms with Crippen molar-refractivity contribution in [3.8, 4) is 0 Å². The lowest BCUT2D eigenvalue weighted by Crippen LogP contribution is -2.26. The molecule has 2 rings (SSSR count). The van der Waals surface area contributed by atoms with Gasteiger partial charge in [-0.15, -0.1) is 0 Å². The van der Waals surface area contributed by atoms with E-state index in [-0.39, 0.29) is 5.41 Å². The molecule has 0 saturated carbocycles. The van der Waals surface area contributed by atoms with Crippen molar-refractivity contribution in [2.45, 2.75) is 26.2 Å². The predicted octanol–water partition coefficient (Wildman–Crippen LogP) is 4.01. The second-order valence-electron chi connectivity index (χ2n) is 4.83. The highest BCUT2D eigenvalue weighted by Crippen LogP contribution is 2.36. The summed E-state index contributed by atoms with van der Waals surface area (Å²) in [7, 11) is 0. The Kier molecular flexibility index (Phi) is 2.52. The Morgan fingerprint density at radius 2 is 1.60 bits per heavy atom.